The van der Waals surface area contributed by atoms with E-state index in [1.807, 2.05) is 12.1 Å². The Morgan fingerprint density at radius 3 is 1.61 bits per heavy atom. The molecule has 28 heavy (non-hydrogen) atoms. The molecule has 0 saturated heterocycles. The van der Waals surface area contributed by atoms with Crippen LogP contribution in [0.5, 0.6) is 17.2 Å². The summed E-state index contributed by atoms with van der Waals surface area (Å²) in [7, 11) is 0. The van der Waals surface area contributed by atoms with Gasteiger partial charge in [-0.1, -0.05) is 25.5 Å². The van der Waals surface area contributed by atoms with Gasteiger partial charge in [-0.05, 0) is 72.6 Å². The molecule has 0 aliphatic rings. The van der Waals surface area contributed by atoms with Crippen molar-refractivity contribution in [2.75, 3.05) is 0 Å². The van der Waals surface area contributed by atoms with Crippen molar-refractivity contribution in [3.63, 3.8) is 0 Å². The minimum Gasteiger partial charge on any atom is -0.508 e. The van der Waals surface area contributed by atoms with Crippen LogP contribution in [0, 0.1) is 0 Å². The van der Waals surface area contributed by atoms with E-state index in [1.54, 1.807) is 12.1 Å². The van der Waals surface area contributed by atoms with Gasteiger partial charge in [-0.3, -0.25) is 0 Å². The van der Waals surface area contributed by atoms with Crippen LogP contribution in [0.25, 0.3) is 0 Å². The summed E-state index contributed by atoms with van der Waals surface area (Å²) < 4.78 is 10.6. The molecule has 0 aliphatic heterocycles. The molecule has 0 amide bonds. The molecule has 0 fully saturated rings. The van der Waals surface area contributed by atoms with E-state index in [-0.39, 0.29) is 5.75 Å². The molecule has 142 valence electrons. The number of hydrogen-bond acceptors (Lipinski definition) is 5. The molecule has 0 atom stereocenters. The molecule has 0 unspecified atom stereocenters. The monoisotopic (exact) mass is 376 g/mol. The Labute approximate surface area is 163 Å². The predicted molar refractivity (Wildman–Crippen MR) is 105 cm³/mol. The van der Waals surface area contributed by atoms with Gasteiger partial charge in [0.2, 0.25) is 0 Å². The maximum absolute atomic E-state index is 12.3. The third-order valence-corrected chi connectivity index (χ3v) is 4.08. The van der Waals surface area contributed by atoms with Crippen LogP contribution in [0.15, 0.2) is 72.8 Å². The van der Waals surface area contributed by atoms with E-state index in [1.165, 1.54) is 54.1 Å². The number of hydrogen-bond donors (Lipinski definition) is 1. The largest absolute Gasteiger partial charge is 0.508 e. The number of phenolic OH excluding ortho intramolecular Hbond substituents is 1. The van der Waals surface area contributed by atoms with Gasteiger partial charge in [0.15, 0.2) is 0 Å². The average Bonchev–Trinajstić information content (AvgIpc) is 2.70. The molecule has 0 spiro atoms. The summed E-state index contributed by atoms with van der Waals surface area (Å²) in [6, 6.07) is 19.3. The van der Waals surface area contributed by atoms with Crippen LogP contribution in [-0.2, 0) is 6.42 Å². The third-order valence-electron chi connectivity index (χ3n) is 4.08. The first kappa shape index (κ1) is 19.2. The molecule has 0 heterocycles. The summed E-state index contributed by atoms with van der Waals surface area (Å²) in [6.45, 7) is 2.11. The summed E-state index contributed by atoms with van der Waals surface area (Å²) in [5.41, 5.74) is 1.86. The zero-order valence-electron chi connectivity index (χ0n) is 15.4. The van der Waals surface area contributed by atoms with Gasteiger partial charge in [0.1, 0.15) is 17.2 Å². The van der Waals surface area contributed by atoms with Gasteiger partial charge in [0, 0.05) is 0 Å². The normalized spacial score (nSPS) is 10.3. The molecule has 0 radical (unpaired) electrons. The topological polar surface area (TPSA) is 72.8 Å². The molecule has 1 N–H and O–H groups in total. The number of ether oxygens (including phenoxy) is 2. The zero-order chi connectivity index (χ0) is 19.9. The number of carbonyl (C=O) groups excluding carboxylic acids is 2. The quantitative estimate of drug-likeness (QED) is 0.495. The Hall–Kier alpha value is -3.60. The van der Waals surface area contributed by atoms with Crippen molar-refractivity contribution in [3.8, 4) is 17.2 Å². The standard InChI is InChI=1S/C23H20O5/c1-2-3-16-4-12-20(13-5-16)27-23(26)18-8-14-21(15-9-18)28-22(25)17-6-10-19(24)11-7-17/h4-15,24H,2-3H2,1H3. The SMILES string of the molecule is CCCc1ccc(OC(=O)c2ccc(OC(=O)c3ccc(O)cc3)cc2)cc1. The van der Waals surface area contributed by atoms with Crippen LogP contribution in [0.1, 0.15) is 39.6 Å². The molecule has 0 saturated carbocycles. The minimum absolute atomic E-state index is 0.0689. The summed E-state index contributed by atoms with van der Waals surface area (Å²) in [6.07, 6.45) is 2.04. The van der Waals surface area contributed by atoms with Crippen molar-refractivity contribution in [2.45, 2.75) is 19.8 Å². The lowest BCUT2D eigenvalue weighted by molar-refractivity contribution is 0.0730. The first-order valence-electron chi connectivity index (χ1n) is 8.97. The maximum Gasteiger partial charge on any atom is 0.343 e. The van der Waals surface area contributed by atoms with Gasteiger partial charge in [-0.2, -0.15) is 0 Å². The second kappa shape index (κ2) is 8.86. The molecule has 0 aliphatic carbocycles. The number of benzene rings is 3. The number of esters is 2. The number of rotatable bonds is 6. The van der Waals surface area contributed by atoms with Crippen LogP contribution < -0.4 is 9.47 Å². The van der Waals surface area contributed by atoms with Crippen molar-refractivity contribution >= 4 is 11.9 Å². The van der Waals surface area contributed by atoms with Gasteiger partial charge in [-0.25, -0.2) is 9.59 Å². The van der Waals surface area contributed by atoms with Crippen molar-refractivity contribution in [3.05, 3.63) is 89.5 Å². The number of aromatic hydroxyl groups is 1. The number of carbonyl (C=O) groups is 2. The van der Waals surface area contributed by atoms with E-state index in [0.29, 0.717) is 22.6 Å². The Bertz CT molecular complexity index is 942. The predicted octanol–water partition coefficient (Wildman–Crippen LogP) is 4.78. The fourth-order valence-electron chi connectivity index (χ4n) is 2.60. The van der Waals surface area contributed by atoms with E-state index >= 15 is 0 Å². The fraction of sp³-hybridized carbons (Fsp3) is 0.130. The molecule has 3 aromatic rings. The van der Waals surface area contributed by atoms with Crippen LogP contribution >= 0.6 is 0 Å². The molecule has 5 heteroatoms. The molecule has 3 aromatic carbocycles. The van der Waals surface area contributed by atoms with Gasteiger partial charge < -0.3 is 14.6 Å². The highest BCUT2D eigenvalue weighted by Gasteiger charge is 2.11. The summed E-state index contributed by atoms with van der Waals surface area (Å²) in [5, 5.41) is 9.26. The minimum atomic E-state index is -0.553. The highest BCUT2D eigenvalue weighted by atomic mass is 16.5. The second-order valence-electron chi connectivity index (χ2n) is 6.24. The van der Waals surface area contributed by atoms with Crippen molar-refractivity contribution in [1.29, 1.82) is 0 Å². The van der Waals surface area contributed by atoms with E-state index in [2.05, 4.69) is 6.92 Å². The van der Waals surface area contributed by atoms with Gasteiger partial charge in [0.25, 0.3) is 0 Å². The van der Waals surface area contributed by atoms with E-state index < -0.39 is 11.9 Å². The summed E-state index contributed by atoms with van der Waals surface area (Å²) in [4.78, 5) is 24.3. The Morgan fingerprint density at radius 1 is 0.714 bits per heavy atom. The highest BCUT2D eigenvalue weighted by molar-refractivity contribution is 5.92. The first-order chi connectivity index (χ1) is 13.5. The van der Waals surface area contributed by atoms with Crippen molar-refractivity contribution in [2.24, 2.45) is 0 Å². The second-order valence-corrected chi connectivity index (χ2v) is 6.24. The van der Waals surface area contributed by atoms with Gasteiger partial charge in [0.05, 0.1) is 11.1 Å². The van der Waals surface area contributed by atoms with Crippen molar-refractivity contribution in [1.82, 2.24) is 0 Å². The zero-order valence-corrected chi connectivity index (χ0v) is 15.4. The lowest BCUT2D eigenvalue weighted by Gasteiger charge is -2.07. The first-order valence-corrected chi connectivity index (χ1v) is 8.97. The van der Waals surface area contributed by atoms with E-state index in [4.69, 9.17) is 9.47 Å². The number of aryl methyl sites for hydroxylation is 1. The molecule has 0 bridgehead atoms. The highest BCUT2D eigenvalue weighted by Crippen LogP contribution is 2.18. The molecular formula is C23H20O5. The van der Waals surface area contributed by atoms with Gasteiger partial charge >= 0.3 is 11.9 Å². The fourth-order valence-corrected chi connectivity index (χ4v) is 2.60. The molecule has 0 aromatic heterocycles. The maximum atomic E-state index is 12.3. The van der Waals surface area contributed by atoms with Gasteiger partial charge in [-0.15, -0.1) is 0 Å². The lowest BCUT2D eigenvalue weighted by atomic mass is 10.1. The lowest BCUT2D eigenvalue weighted by Crippen LogP contribution is -2.10. The number of phenols is 1. The van der Waals surface area contributed by atoms with Crippen molar-refractivity contribution < 1.29 is 24.2 Å². The Morgan fingerprint density at radius 2 is 1.14 bits per heavy atom. The van der Waals surface area contributed by atoms with Crippen LogP contribution in [0.3, 0.4) is 0 Å². The third kappa shape index (κ3) is 4.98. The molecule has 3 rings (SSSR count). The van der Waals surface area contributed by atoms with Crippen LogP contribution in [0.2, 0.25) is 0 Å². The summed E-state index contributed by atoms with van der Waals surface area (Å²) >= 11 is 0. The molecule has 5 nitrogen and oxygen atoms in total. The Kier molecular flexibility index (Phi) is 6.07. The summed E-state index contributed by atoms with van der Waals surface area (Å²) in [5.74, 6) is -0.187. The Balaban J connectivity index is 1.60. The van der Waals surface area contributed by atoms with E-state index in [9.17, 15) is 14.7 Å². The van der Waals surface area contributed by atoms with E-state index in [0.717, 1.165) is 12.8 Å². The van der Waals surface area contributed by atoms with Crippen LogP contribution in [0.4, 0.5) is 0 Å². The van der Waals surface area contributed by atoms with Crippen LogP contribution in [-0.4, -0.2) is 17.0 Å². The molecular weight excluding hydrogens is 356 g/mol. The smallest absolute Gasteiger partial charge is 0.343 e. The average molecular weight is 376 g/mol.